The Morgan fingerprint density at radius 2 is 1.11 bits per heavy atom. The predicted molar refractivity (Wildman–Crippen MR) is 68.8 cm³/mol. The van der Waals surface area contributed by atoms with E-state index in [4.69, 9.17) is 9.47 Å². The van der Waals surface area contributed by atoms with Crippen LogP contribution in [0.3, 0.4) is 0 Å². The van der Waals surface area contributed by atoms with Crippen molar-refractivity contribution in [2.24, 2.45) is 0 Å². The van der Waals surface area contributed by atoms with Gasteiger partial charge in [0, 0.05) is 7.11 Å². The number of rotatable bonds is 1. The second kappa shape index (κ2) is 13.1. The molecule has 8 heteroatoms. The molecule has 0 atom stereocenters. The summed E-state index contributed by atoms with van der Waals surface area (Å²) in [6, 6.07) is 0. The summed E-state index contributed by atoms with van der Waals surface area (Å²) in [5, 5.41) is 0. The van der Waals surface area contributed by atoms with E-state index in [1.54, 1.807) is 9.80 Å². The van der Waals surface area contributed by atoms with Crippen molar-refractivity contribution >= 4 is 8.60 Å². The monoisotopic (exact) mass is 298 g/mol. The molecule has 116 valence electrons. The summed E-state index contributed by atoms with van der Waals surface area (Å²) >= 11 is 0. The molecule has 2 aliphatic heterocycles. The summed E-state index contributed by atoms with van der Waals surface area (Å²) in [5.74, 6) is 0. The number of likely N-dealkylation sites (N-methyl/N-ethyl adjacent to an activating group) is 2. The van der Waals surface area contributed by atoms with Gasteiger partial charge in [0.1, 0.15) is 26.2 Å². The van der Waals surface area contributed by atoms with Gasteiger partial charge in [0.2, 0.25) is 0 Å². The van der Waals surface area contributed by atoms with Gasteiger partial charge in [-0.1, -0.05) is 0 Å². The van der Waals surface area contributed by atoms with Crippen molar-refractivity contribution in [3.8, 4) is 0 Å². The van der Waals surface area contributed by atoms with Crippen molar-refractivity contribution in [3.05, 3.63) is 0 Å². The summed E-state index contributed by atoms with van der Waals surface area (Å²) in [6.07, 6.45) is 0. The Hall–Kier alpha value is 0.150. The Morgan fingerprint density at radius 1 is 0.842 bits per heavy atom. The molecule has 19 heavy (non-hydrogen) atoms. The van der Waals surface area contributed by atoms with Crippen LogP contribution in [0, 0.1) is 0 Å². The van der Waals surface area contributed by atoms with E-state index in [1.807, 2.05) is 0 Å². The summed E-state index contributed by atoms with van der Waals surface area (Å²) in [6.45, 7) is 8.52. The first kappa shape index (κ1) is 19.1. The minimum atomic E-state index is -2.60. The van der Waals surface area contributed by atoms with Crippen molar-refractivity contribution < 1.29 is 33.6 Å². The van der Waals surface area contributed by atoms with Gasteiger partial charge in [0.15, 0.2) is 0 Å². The molecule has 0 radical (unpaired) electrons. The molecule has 2 saturated heterocycles. The SMILES string of the molecule is COP([O-])[O-].C[NH+]1CCOCC1.C[NH+]1CCOCC1. The minimum Gasteiger partial charge on any atom is -0.820 e. The van der Waals surface area contributed by atoms with Gasteiger partial charge in [-0.3, -0.25) is 0 Å². The van der Waals surface area contributed by atoms with Crippen molar-refractivity contribution in [2.45, 2.75) is 0 Å². The summed E-state index contributed by atoms with van der Waals surface area (Å²) in [4.78, 5) is 21.5. The molecular weight excluding hydrogens is 271 g/mol. The highest BCUT2D eigenvalue weighted by atomic mass is 31.2. The van der Waals surface area contributed by atoms with E-state index in [9.17, 15) is 9.79 Å². The molecule has 0 aromatic rings. The normalized spacial score (nSPS) is 21.2. The van der Waals surface area contributed by atoms with Gasteiger partial charge in [-0.15, -0.1) is 0 Å². The third-order valence-electron chi connectivity index (χ3n) is 2.84. The molecule has 0 aromatic heterocycles. The molecular formula is C11H27N2O5P. The quantitative estimate of drug-likeness (QED) is 0.478. The lowest BCUT2D eigenvalue weighted by molar-refractivity contribution is -0.888. The number of hydrogen-bond donors (Lipinski definition) is 2. The molecule has 2 aliphatic rings. The summed E-state index contributed by atoms with van der Waals surface area (Å²) < 4.78 is 13.9. The number of nitrogens with one attached hydrogen (secondary N) is 2. The van der Waals surface area contributed by atoms with Gasteiger partial charge in [0.05, 0.1) is 40.5 Å². The number of morpholine rings is 2. The Morgan fingerprint density at radius 3 is 1.21 bits per heavy atom. The van der Waals surface area contributed by atoms with Crippen molar-refractivity contribution in [3.63, 3.8) is 0 Å². The van der Waals surface area contributed by atoms with Crippen LogP contribution in [0.2, 0.25) is 0 Å². The van der Waals surface area contributed by atoms with Crippen LogP contribution in [-0.4, -0.2) is 73.8 Å². The highest BCUT2D eigenvalue weighted by Gasteiger charge is 2.06. The van der Waals surface area contributed by atoms with E-state index >= 15 is 0 Å². The van der Waals surface area contributed by atoms with E-state index in [1.165, 1.54) is 26.2 Å². The minimum absolute atomic E-state index is 0.950. The lowest BCUT2D eigenvalue weighted by atomic mass is 10.5. The number of ether oxygens (including phenoxy) is 2. The Balaban J connectivity index is 0.000000261. The fourth-order valence-corrected chi connectivity index (χ4v) is 1.44. The zero-order valence-corrected chi connectivity index (χ0v) is 13.0. The average Bonchev–Trinajstić information content (AvgIpc) is 2.42. The Labute approximate surface area is 117 Å². The maximum atomic E-state index is 9.18. The third-order valence-corrected chi connectivity index (χ3v) is 3.14. The Bertz CT molecular complexity index is 172. The van der Waals surface area contributed by atoms with E-state index in [-0.39, 0.29) is 0 Å². The number of hydrogen-bond acceptors (Lipinski definition) is 5. The maximum absolute atomic E-state index is 9.18. The van der Waals surface area contributed by atoms with Crippen LogP contribution >= 0.6 is 8.60 Å². The van der Waals surface area contributed by atoms with Gasteiger partial charge in [-0.25, -0.2) is 0 Å². The van der Waals surface area contributed by atoms with E-state index in [0.717, 1.165) is 33.5 Å². The Kier molecular flexibility index (Phi) is 13.3. The van der Waals surface area contributed by atoms with Gasteiger partial charge in [0.25, 0.3) is 0 Å². The van der Waals surface area contributed by atoms with Crippen molar-refractivity contribution in [2.75, 3.05) is 73.8 Å². The van der Waals surface area contributed by atoms with E-state index < -0.39 is 8.60 Å². The van der Waals surface area contributed by atoms with Crippen LogP contribution in [0.15, 0.2) is 0 Å². The lowest BCUT2D eigenvalue weighted by Crippen LogP contribution is -3.11. The molecule has 0 bridgehead atoms. The van der Waals surface area contributed by atoms with Gasteiger partial charge >= 0.3 is 0 Å². The summed E-state index contributed by atoms with van der Waals surface area (Å²) in [7, 11) is 2.90. The fraction of sp³-hybridized carbons (Fsp3) is 1.00. The highest BCUT2D eigenvalue weighted by Crippen LogP contribution is 2.07. The van der Waals surface area contributed by atoms with Crippen LogP contribution in [0.25, 0.3) is 0 Å². The highest BCUT2D eigenvalue weighted by molar-refractivity contribution is 7.36. The molecule has 7 nitrogen and oxygen atoms in total. The van der Waals surface area contributed by atoms with Crippen LogP contribution in [0.5, 0.6) is 0 Å². The lowest BCUT2D eigenvalue weighted by Gasteiger charge is -2.25. The molecule has 0 aromatic carbocycles. The van der Waals surface area contributed by atoms with Crippen LogP contribution in [0.1, 0.15) is 0 Å². The zero-order valence-electron chi connectivity index (χ0n) is 12.1. The van der Waals surface area contributed by atoms with Gasteiger partial charge in [-0.05, 0) is 0 Å². The van der Waals surface area contributed by atoms with Gasteiger partial charge < -0.3 is 33.6 Å². The smallest absolute Gasteiger partial charge is 0.101 e. The van der Waals surface area contributed by atoms with Crippen molar-refractivity contribution in [1.82, 2.24) is 0 Å². The molecule has 2 N–H and O–H groups in total. The third kappa shape index (κ3) is 14.4. The van der Waals surface area contributed by atoms with E-state index in [0.29, 0.717) is 0 Å². The first-order chi connectivity index (χ1) is 9.06. The van der Waals surface area contributed by atoms with Crippen LogP contribution in [-0.2, 0) is 14.0 Å². The molecule has 0 saturated carbocycles. The van der Waals surface area contributed by atoms with Crippen LogP contribution in [0.4, 0.5) is 0 Å². The van der Waals surface area contributed by atoms with Crippen LogP contribution < -0.4 is 19.6 Å². The fourth-order valence-electron chi connectivity index (χ4n) is 1.44. The first-order valence-corrected chi connectivity index (χ1v) is 7.62. The second-order valence-electron chi connectivity index (χ2n) is 4.55. The van der Waals surface area contributed by atoms with E-state index in [2.05, 4.69) is 18.6 Å². The number of quaternary nitrogens is 2. The molecule has 0 spiro atoms. The molecule has 2 fully saturated rings. The molecule has 0 aliphatic carbocycles. The molecule has 0 amide bonds. The van der Waals surface area contributed by atoms with Crippen molar-refractivity contribution in [1.29, 1.82) is 0 Å². The topological polar surface area (TPSA) is 82.7 Å². The first-order valence-electron chi connectivity index (χ1n) is 6.52. The summed E-state index contributed by atoms with van der Waals surface area (Å²) in [5.41, 5.74) is 0. The second-order valence-corrected chi connectivity index (χ2v) is 5.36. The largest absolute Gasteiger partial charge is 0.820 e. The average molecular weight is 298 g/mol. The maximum Gasteiger partial charge on any atom is 0.101 e. The van der Waals surface area contributed by atoms with Gasteiger partial charge in [-0.2, -0.15) is 8.60 Å². The predicted octanol–water partition coefficient (Wildman–Crippen LogP) is -4.36. The molecule has 2 rings (SSSR count). The zero-order chi connectivity index (χ0) is 14.5. The standard InChI is InChI=1S/2C5H11NO.CH3O3P/c2*1-6-2-4-7-5-3-6;1-4-5(2)3/h2*2-5H2,1H3;1H3/q;;-2/p+2. The molecule has 0 unspecified atom stereocenters. The molecule has 2 heterocycles.